The van der Waals surface area contributed by atoms with Crippen molar-refractivity contribution in [2.75, 3.05) is 7.11 Å². The molecular weight excluding hydrogens is 409 g/mol. The molecule has 0 fully saturated rings. The zero-order valence-electron chi connectivity index (χ0n) is 12.2. The van der Waals surface area contributed by atoms with Crippen molar-refractivity contribution in [1.82, 2.24) is 0 Å². The van der Waals surface area contributed by atoms with Crippen LogP contribution in [0.5, 0.6) is 5.75 Å². The van der Waals surface area contributed by atoms with Gasteiger partial charge < -0.3 is 9.47 Å². The summed E-state index contributed by atoms with van der Waals surface area (Å²) in [4.78, 5) is 22.5. The predicted molar refractivity (Wildman–Crippen MR) is 87.6 cm³/mol. The first kappa shape index (κ1) is 18.2. The highest BCUT2D eigenvalue weighted by Crippen LogP contribution is 2.38. The van der Waals surface area contributed by atoms with Crippen LogP contribution in [-0.4, -0.2) is 18.0 Å². The lowest BCUT2D eigenvalue weighted by Crippen LogP contribution is -2.22. The third kappa shape index (κ3) is 3.82. The number of nitro benzene ring substituents is 1. The maximum absolute atomic E-state index is 14.1. The minimum atomic E-state index is -1.54. The van der Waals surface area contributed by atoms with Crippen molar-refractivity contribution in [3.63, 3.8) is 0 Å². The first-order chi connectivity index (χ1) is 11.3. The van der Waals surface area contributed by atoms with Gasteiger partial charge in [-0.25, -0.2) is 9.18 Å². The molecule has 126 valence electrons. The second-order valence-corrected chi connectivity index (χ2v) is 5.82. The summed E-state index contributed by atoms with van der Waals surface area (Å²) in [6.07, 6.45) is -1.54. The normalized spacial score (nSPS) is 11.7. The summed E-state index contributed by atoms with van der Waals surface area (Å²) in [6, 6.07) is 7.76. The number of rotatable bonds is 5. The minimum Gasteiger partial charge on any atom is -0.466 e. The van der Waals surface area contributed by atoms with Crippen molar-refractivity contribution in [3.05, 3.63) is 67.4 Å². The van der Waals surface area contributed by atoms with Crippen molar-refractivity contribution in [2.45, 2.75) is 6.10 Å². The van der Waals surface area contributed by atoms with E-state index in [-0.39, 0.29) is 26.5 Å². The van der Waals surface area contributed by atoms with E-state index >= 15 is 0 Å². The summed E-state index contributed by atoms with van der Waals surface area (Å²) in [5.74, 6) is -1.93. The van der Waals surface area contributed by atoms with Crippen molar-refractivity contribution in [1.29, 1.82) is 0 Å². The maximum atomic E-state index is 14.1. The molecule has 0 aliphatic heterocycles. The number of esters is 1. The summed E-state index contributed by atoms with van der Waals surface area (Å²) < 4.78 is 24.4. The Balaban J connectivity index is 2.52. The highest BCUT2D eigenvalue weighted by Gasteiger charge is 2.30. The largest absolute Gasteiger partial charge is 0.466 e. The molecule has 9 heteroatoms. The van der Waals surface area contributed by atoms with Gasteiger partial charge >= 0.3 is 11.7 Å². The number of halogens is 3. The summed E-state index contributed by atoms with van der Waals surface area (Å²) in [7, 11) is 1.10. The number of carbonyl (C=O) groups is 1. The van der Waals surface area contributed by atoms with Gasteiger partial charge in [0.15, 0.2) is 0 Å². The highest BCUT2D eigenvalue weighted by atomic mass is 79.9. The highest BCUT2D eigenvalue weighted by molar-refractivity contribution is 9.10. The molecule has 0 bridgehead atoms. The average Bonchev–Trinajstić information content (AvgIpc) is 2.53. The van der Waals surface area contributed by atoms with Crippen LogP contribution in [0.25, 0.3) is 0 Å². The molecule has 1 atom stereocenters. The van der Waals surface area contributed by atoms with E-state index in [2.05, 4.69) is 20.7 Å². The van der Waals surface area contributed by atoms with Gasteiger partial charge in [-0.15, -0.1) is 0 Å². The van der Waals surface area contributed by atoms with Gasteiger partial charge in [-0.2, -0.15) is 0 Å². The Bertz CT molecular complexity index is 801. The van der Waals surface area contributed by atoms with E-state index in [9.17, 15) is 19.3 Å². The van der Waals surface area contributed by atoms with Crippen LogP contribution in [-0.2, 0) is 9.53 Å². The topological polar surface area (TPSA) is 78.7 Å². The fourth-order valence-electron chi connectivity index (χ4n) is 1.94. The molecule has 0 saturated heterocycles. The van der Waals surface area contributed by atoms with Gasteiger partial charge in [0.2, 0.25) is 11.9 Å². The second-order valence-electron chi connectivity index (χ2n) is 4.53. The van der Waals surface area contributed by atoms with E-state index in [4.69, 9.17) is 16.3 Å². The van der Waals surface area contributed by atoms with Crippen LogP contribution in [0.1, 0.15) is 11.7 Å². The quantitative estimate of drug-likeness (QED) is 0.407. The van der Waals surface area contributed by atoms with Crippen LogP contribution in [0.2, 0.25) is 5.02 Å². The summed E-state index contributed by atoms with van der Waals surface area (Å²) in [5.41, 5.74) is -0.538. The van der Waals surface area contributed by atoms with Crippen LogP contribution in [0, 0.1) is 15.9 Å². The molecule has 0 saturated carbocycles. The number of nitro groups is 1. The number of ether oxygens (including phenoxy) is 2. The van der Waals surface area contributed by atoms with Crippen LogP contribution >= 0.6 is 27.5 Å². The van der Waals surface area contributed by atoms with Crippen molar-refractivity contribution < 1.29 is 23.6 Å². The molecule has 2 aromatic carbocycles. The Morgan fingerprint density at radius 1 is 1.38 bits per heavy atom. The molecule has 2 aromatic rings. The van der Waals surface area contributed by atoms with E-state index in [1.807, 2.05) is 0 Å². The average molecular weight is 419 g/mol. The molecular formula is C15H10BrClFNO5. The molecule has 0 aliphatic rings. The van der Waals surface area contributed by atoms with E-state index < -0.39 is 22.8 Å². The number of hydrogen-bond donors (Lipinski definition) is 0. The molecule has 0 amide bonds. The number of para-hydroxylation sites is 1. The molecule has 0 aromatic heterocycles. The fraction of sp³-hybridized carbons (Fsp3) is 0.133. The zero-order valence-corrected chi connectivity index (χ0v) is 14.5. The van der Waals surface area contributed by atoms with Gasteiger partial charge in [0.25, 0.3) is 0 Å². The van der Waals surface area contributed by atoms with Crippen LogP contribution in [0.3, 0.4) is 0 Å². The fourth-order valence-corrected chi connectivity index (χ4v) is 2.54. The SMILES string of the molecule is COC(=O)C(Oc1c(Br)cccc1[N+](=O)[O-])c1ccc(Cl)cc1F. The van der Waals surface area contributed by atoms with E-state index in [1.165, 1.54) is 30.3 Å². The van der Waals surface area contributed by atoms with E-state index in [1.54, 1.807) is 0 Å². The molecule has 6 nitrogen and oxygen atoms in total. The van der Waals surface area contributed by atoms with E-state index in [0.717, 1.165) is 13.2 Å². The number of carbonyl (C=O) groups excluding carboxylic acids is 1. The monoisotopic (exact) mass is 417 g/mol. The standard InChI is InChI=1S/C15H10BrClFNO5/c1-23-15(20)13(9-6-5-8(17)7-11(9)18)24-14-10(16)3-2-4-12(14)19(21)22/h2-7,13H,1H3. The molecule has 0 radical (unpaired) electrons. The van der Waals surface area contributed by atoms with Crippen LogP contribution in [0.4, 0.5) is 10.1 Å². The Hall–Kier alpha value is -2.19. The first-order valence-corrected chi connectivity index (χ1v) is 7.64. The Kier molecular flexibility index (Phi) is 5.74. The third-order valence-electron chi connectivity index (χ3n) is 3.04. The summed E-state index contributed by atoms with van der Waals surface area (Å²) in [6.45, 7) is 0. The van der Waals surface area contributed by atoms with Gasteiger partial charge in [0.05, 0.1) is 16.5 Å². The van der Waals surface area contributed by atoms with Gasteiger partial charge in [0.1, 0.15) is 5.82 Å². The van der Waals surface area contributed by atoms with Gasteiger partial charge in [0, 0.05) is 16.7 Å². The molecule has 24 heavy (non-hydrogen) atoms. The van der Waals surface area contributed by atoms with Gasteiger partial charge in [-0.3, -0.25) is 10.1 Å². The number of benzene rings is 2. The smallest absolute Gasteiger partial charge is 0.351 e. The lowest BCUT2D eigenvalue weighted by Gasteiger charge is -2.18. The van der Waals surface area contributed by atoms with Crippen molar-refractivity contribution in [3.8, 4) is 5.75 Å². The Labute approximate surface area is 149 Å². The Morgan fingerprint density at radius 2 is 2.08 bits per heavy atom. The summed E-state index contributed by atoms with van der Waals surface area (Å²) in [5, 5.41) is 11.3. The van der Waals surface area contributed by atoms with E-state index in [0.29, 0.717) is 0 Å². The lowest BCUT2D eigenvalue weighted by atomic mass is 10.1. The third-order valence-corrected chi connectivity index (χ3v) is 3.90. The molecule has 1 unspecified atom stereocenters. The molecule has 0 aliphatic carbocycles. The molecule has 0 N–H and O–H groups in total. The summed E-state index contributed by atoms with van der Waals surface area (Å²) >= 11 is 8.81. The minimum absolute atomic E-state index is 0.131. The van der Waals surface area contributed by atoms with Crippen molar-refractivity contribution in [2.24, 2.45) is 0 Å². The molecule has 0 spiro atoms. The van der Waals surface area contributed by atoms with Crippen molar-refractivity contribution >= 4 is 39.2 Å². The van der Waals surface area contributed by atoms with Gasteiger partial charge in [-0.1, -0.05) is 23.7 Å². The maximum Gasteiger partial charge on any atom is 0.351 e. The zero-order chi connectivity index (χ0) is 17.9. The number of hydrogen-bond acceptors (Lipinski definition) is 5. The van der Waals surface area contributed by atoms with Crippen LogP contribution < -0.4 is 4.74 Å². The molecule has 0 heterocycles. The lowest BCUT2D eigenvalue weighted by molar-refractivity contribution is -0.386. The Morgan fingerprint density at radius 3 is 2.67 bits per heavy atom. The predicted octanol–water partition coefficient (Wildman–Crippen LogP) is 4.44. The first-order valence-electron chi connectivity index (χ1n) is 6.47. The van der Waals surface area contributed by atoms with Gasteiger partial charge in [-0.05, 0) is 34.1 Å². The van der Waals surface area contributed by atoms with Crippen LogP contribution in [0.15, 0.2) is 40.9 Å². The second kappa shape index (κ2) is 7.59. The number of methoxy groups -OCH3 is 1. The number of nitrogens with zero attached hydrogens (tertiary/aromatic N) is 1. The molecule has 2 rings (SSSR count).